The SMILES string of the molecule is CC1(C)C[C@H](NCc2nnc(-c3ccc(C#N)cc3)o2)C(C)(C)O1. The van der Waals surface area contributed by atoms with Crippen LogP contribution in [0.15, 0.2) is 28.7 Å². The lowest BCUT2D eigenvalue weighted by Gasteiger charge is -2.27. The first-order chi connectivity index (χ1) is 11.3. The molecule has 1 aromatic heterocycles. The first-order valence-corrected chi connectivity index (χ1v) is 8.05. The maximum atomic E-state index is 8.84. The van der Waals surface area contributed by atoms with Crippen LogP contribution in [-0.2, 0) is 11.3 Å². The third-order valence-electron chi connectivity index (χ3n) is 4.30. The average molecular weight is 326 g/mol. The van der Waals surface area contributed by atoms with E-state index in [1.807, 2.05) is 0 Å². The molecule has 1 atom stereocenters. The van der Waals surface area contributed by atoms with Crippen molar-refractivity contribution >= 4 is 0 Å². The molecule has 0 radical (unpaired) electrons. The quantitative estimate of drug-likeness (QED) is 0.929. The van der Waals surface area contributed by atoms with E-state index in [1.54, 1.807) is 24.3 Å². The Labute approximate surface area is 141 Å². The van der Waals surface area contributed by atoms with Crippen molar-refractivity contribution in [3.05, 3.63) is 35.7 Å². The second-order valence-electron chi connectivity index (χ2n) is 7.29. The Kier molecular flexibility index (Phi) is 4.16. The van der Waals surface area contributed by atoms with Gasteiger partial charge >= 0.3 is 0 Å². The van der Waals surface area contributed by atoms with Gasteiger partial charge in [0, 0.05) is 11.6 Å². The van der Waals surface area contributed by atoms with Crippen molar-refractivity contribution in [2.24, 2.45) is 0 Å². The molecule has 1 aliphatic heterocycles. The van der Waals surface area contributed by atoms with Crippen LogP contribution in [0.3, 0.4) is 0 Å². The molecule has 1 saturated heterocycles. The van der Waals surface area contributed by atoms with Crippen LogP contribution in [0.25, 0.3) is 11.5 Å². The van der Waals surface area contributed by atoms with Crippen molar-refractivity contribution in [3.63, 3.8) is 0 Å². The summed E-state index contributed by atoms with van der Waals surface area (Å²) in [5.41, 5.74) is 1.04. The van der Waals surface area contributed by atoms with E-state index >= 15 is 0 Å². The van der Waals surface area contributed by atoms with E-state index in [9.17, 15) is 0 Å². The lowest BCUT2D eigenvalue weighted by molar-refractivity contribution is -0.0699. The molecular formula is C18H22N4O2. The number of nitrogens with zero attached hydrogens (tertiary/aromatic N) is 3. The predicted octanol–water partition coefficient (Wildman–Crippen LogP) is 3.04. The minimum Gasteiger partial charge on any atom is -0.419 e. The molecule has 0 amide bonds. The number of nitriles is 1. The van der Waals surface area contributed by atoms with Crippen LogP contribution in [0.4, 0.5) is 0 Å². The molecule has 0 bridgehead atoms. The summed E-state index contributed by atoms with van der Waals surface area (Å²) in [4.78, 5) is 0. The van der Waals surface area contributed by atoms with Gasteiger partial charge in [-0.15, -0.1) is 10.2 Å². The number of hydrogen-bond acceptors (Lipinski definition) is 6. The molecule has 2 aromatic rings. The monoisotopic (exact) mass is 326 g/mol. The van der Waals surface area contributed by atoms with Crippen LogP contribution in [0.5, 0.6) is 0 Å². The summed E-state index contributed by atoms with van der Waals surface area (Å²) in [6.07, 6.45) is 0.927. The molecule has 24 heavy (non-hydrogen) atoms. The van der Waals surface area contributed by atoms with Gasteiger partial charge in [0.15, 0.2) is 0 Å². The number of nitrogens with one attached hydrogen (secondary N) is 1. The minimum atomic E-state index is -0.237. The summed E-state index contributed by atoms with van der Waals surface area (Å²) >= 11 is 0. The van der Waals surface area contributed by atoms with Crippen molar-refractivity contribution < 1.29 is 9.15 Å². The number of aromatic nitrogens is 2. The van der Waals surface area contributed by atoms with Crippen molar-refractivity contribution in [1.82, 2.24) is 15.5 Å². The summed E-state index contributed by atoms with van der Waals surface area (Å²) in [6, 6.07) is 9.39. The van der Waals surface area contributed by atoms with Crippen molar-refractivity contribution in [3.8, 4) is 17.5 Å². The molecule has 1 aliphatic rings. The Morgan fingerprint density at radius 3 is 2.50 bits per heavy atom. The predicted molar refractivity (Wildman–Crippen MR) is 88.9 cm³/mol. The first-order valence-electron chi connectivity index (χ1n) is 8.05. The van der Waals surface area contributed by atoms with E-state index in [0.717, 1.165) is 12.0 Å². The molecule has 3 rings (SSSR count). The fourth-order valence-electron chi connectivity index (χ4n) is 3.22. The van der Waals surface area contributed by atoms with E-state index in [-0.39, 0.29) is 17.2 Å². The standard InChI is InChI=1S/C18H22N4O2/c1-17(2)9-14(18(3,4)24-17)20-11-15-21-22-16(23-15)13-7-5-12(10-19)6-8-13/h5-8,14,20H,9,11H2,1-4H3/t14-/m0/s1. The lowest BCUT2D eigenvalue weighted by Crippen LogP contribution is -2.43. The molecule has 0 saturated carbocycles. The Morgan fingerprint density at radius 2 is 1.92 bits per heavy atom. The Bertz CT molecular complexity index is 756. The second-order valence-corrected chi connectivity index (χ2v) is 7.29. The van der Waals surface area contributed by atoms with Crippen molar-refractivity contribution in [2.45, 2.75) is 57.9 Å². The molecule has 6 heteroatoms. The van der Waals surface area contributed by atoms with Gasteiger partial charge in [-0.1, -0.05) is 0 Å². The van der Waals surface area contributed by atoms with E-state index in [1.165, 1.54) is 0 Å². The fraction of sp³-hybridized carbons (Fsp3) is 0.500. The summed E-state index contributed by atoms with van der Waals surface area (Å²) < 4.78 is 11.8. The molecule has 0 aliphatic carbocycles. The Morgan fingerprint density at radius 1 is 1.21 bits per heavy atom. The van der Waals surface area contributed by atoms with Gasteiger partial charge in [-0.3, -0.25) is 0 Å². The van der Waals surface area contributed by atoms with Gasteiger partial charge < -0.3 is 14.5 Å². The molecule has 1 fully saturated rings. The summed E-state index contributed by atoms with van der Waals surface area (Å²) in [7, 11) is 0. The Hall–Kier alpha value is -2.23. The number of rotatable bonds is 4. The molecule has 0 spiro atoms. The topological polar surface area (TPSA) is 84.0 Å². The highest BCUT2D eigenvalue weighted by Gasteiger charge is 2.45. The summed E-state index contributed by atoms with van der Waals surface area (Å²) in [5.74, 6) is 0.994. The maximum absolute atomic E-state index is 8.84. The highest BCUT2D eigenvalue weighted by molar-refractivity contribution is 5.54. The molecule has 1 aromatic carbocycles. The summed E-state index contributed by atoms with van der Waals surface area (Å²) in [6.45, 7) is 8.89. The highest BCUT2D eigenvalue weighted by Crippen LogP contribution is 2.37. The largest absolute Gasteiger partial charge is 0.419 e. The first kappa shape index (κ1) is 16.6. The van der Waals surface area contributed by atoms with Crippen LogP contribution < -0.4 is 5.32 Å². The zero-order chi connectivity index (χ0) is 17.4. The number of ether oxygens (including phenoxy) is 1. The molecule has 0 unspecified atom stereocenters. The summed E-state index contributed by atoms with van der Waals surface area (Å²) in [5, 5.41) is 20.5. The average Bonchev–Trinajstić information content (AvgIpc) is 3.06. The number of benzene rings is 1. The van der Waals surface area contributed by atoms with Crippen LogP contribution in [-0.4, -0.2) is 27.4 Å². The minimum absolute atomic E-state index is 0.135. The van der Waals surface area contributed by atoms with E-state index in [0.29, 0.717) is 23.9 Å². The van der Waals surface area contributed by atoms with Gasteiger partial charge in [0.05, 0.1) is 29.4 Å². The highest BCUT2D eigenvalue weighted by atomic mass is 16.5. The van der Waals surface area contributed by atoms with Gasteiger partial charge in [0.2, 0.25) is 11.8 Å². The Balaban J connectivity index is 1.65. The van der Waals surface area contributed by atoms with Crippen molar-refractivity contribution in [2.75, 3.05) is 0 Å². The van der Waals surface area contributed by atoms with E-state index in [2.05, 4.69) is 49.3 Å². The molecule has 126 valence electrons. The zero-order valence-electron chi connectivity index (χ0n) is 14.5. The smallest absolute Gasteiger partial charge is 0.247 e. The van der Waals surface area contributed by atoms with Crippen LogP contribution in [0, 0.1) is 11.3 Å². The van der Waals surface area contributed by atoms with Gasteiger partial charge in [-0.05, 0) is 58.4 Å². The molecule has 1 N–H and O–H groups in total. The van der Waals surface area contributed by atoms with Crippen LogP contribution in [0.1, 0.15) is 45.6 Å². The zero-order valence-corrected chi connectivity index (χ0v) is 14.5. The third kappa shape index (κ3) is 3.48. The third-order valence-corrected chi connectivity index (χ3v) is 4.30. The van der Waals surface area contributed by atoms with E-state index < -0.39 is 0 Å². The van der Waals surface area contributed by atoms with Gasteiger partial charge in [0.25, 0.3) is 0 Å². The van der Waals surface area contributed by atoms with Gasteiger partial charge in [-0.25, -0.2) is 0 Å². The fourth-order valence-corrected chi connectivity index (χ4v) is 3.22. The molecule has 6 nitrogen and oxygen atoms in total. The second kappa shape index (κ2) is 6.00. The molecule has 2 heterocycles. The van der Waals surface area contributed by atoms with Crippen LogP contribution >= 0.6 is 0 Å². The van der Waals surface area contributed by atoms with E-state index in [4.69, 9.17) is 14.4 Å². The van der Waals surface area contributed by atoms with Gasteiger partial charge in [-0.2, -0.15) is 5.26 Å². The van der Waals surface area contributed by atoms with Gasteiger partial charge in [0.1, 0.15) is 0 Å². The lowest BCUT2D eigenvalue weighted by atomic mass is 9.94. The van der Waals surface area contributed by atoms with Crippen molar-refractivity contribution in [1.29, 1.82) is 5.26 Å². The molecular weight excluding hydrogens is 304 g/mol. The number of hydrogen-bond donors (Lipinski definition) is 1. The van der Waals surface area contributed by atoms with Crippen LogP contribution in [0.2, 0.25) is 0 Å². The normalized spacial score (nSPS) is 21.5. The maximum Gasteiger partial charge on any atom is 0.247 e.